The molecule has 1 aliphatic heterocycles. The number of benzene rings is 4. The maximum absolute atomic E-state index is 12.8. The zero-order valence-corrected chi connectivity index (χ0v) is 29.7. The van der Waals surface area contributed by atoms with Crippen molar-refractivity contribution in [3.63, 3.8) is 0 Å². The van der Waals surface area contributed by atoms with E-state index in [-0.39, 0.29) is 29.4 Å². The Morgan fingerprint density at radius 3 is 2.29 bits per heavy atom. The quantitative estimate of drug-likeness (QED) is 0.172. The van der Waals surface area contributed by atoms with Crippen LogP contribution in [0.25, 0.3) is 0 Å². The summed E-state index contributed by atoms with van der Waals surface area (Å²) >= 11 is 0. The van der Waals surface area contributed by atoms with Crippen molar-refractivity contribution < 1.29 is 23.7 Å². The van der Waals surface area contributed by atoms with Crippen molar-refractivity contribution in [2.75, 3.05) is 38.2 Å². The van der Waals surface area contributed by atoms with Gasteiger partial charge in [0.1, 0.15) is 24.2 Å². The highest BCUT2D eigenvalue weighted by molar-refractivity contribution is 5.92. The maximum atomic E-state index is 12.8. The standard InChI is InChI=1S/C44H50N2O5/c1-44-27-40(51-35-15-13-34(14-16-35)45-42(47)28-46-22-24-48-25-23-46)43-37-19-17-36(49-29-31-8-4-2-5-9-31)26-33(37)12-18-38(43)39(44)20-21-41(44)50-30-32-10-6-3-7-11-32/h2-11,13-17,19,26,38-41,43H,12,18,20-25,27-30H2,1H3,(H,45,47)/t38-,39-,40-,41-,43+,44-/m0/s1. The van der Waals surface area contributed by atoms with Gasteiger partial charge in [-0.05, 0) is 103 Å². The number of hydrogen-bond acceptors (Lipinski definition) is 6. The van der Waals surface area contributed by atoms with Crippen molar-refractivity contribution in [1.82, 2.24) is 4.90 Å². The zero-order valence-electron chi connectivity index (χ0n) is 29.7. The molecule has 7 heteroatoms. The number of fused-ring (bicyclic) bond motifs is 5. The van der Waals surface area contributed by atoms with Gasteiger partial charge in [-0.2, -0.15) is 0 Å². The van der Waals surface area contributed by atoms with Crippen molar-refractivity contribution in [3.8, 4) is 11.5 Å². The molecule has 0 radical (unpaired) electrons. The maximum Gasteiger partial charge on any atom is 0.238 e. The van der Waals surface area contributed by atoms with E-state index in [9.17, 15) is 4.79 Å². The largest absolute Gasteiger partial charge is 0.490 e. The summed E-state index contributed by atoms with van der Waals surface area (Å²) in [5.41, 5.74) is 5.98. The Balaban J connectivity index is 1.02. The third-order valence-electron chi connectivity index (χ3n) is 12.0. The molecule has 51 heavy (non-hydrogen) atoms. The summed E-state index contributed by atoms with van der Waals surface area (Å²) < 4.78 is 25.5. The first-order chi connectivity index (χ1) is 25.0. The molecule has 6 atom stereocenters. The number of nitrogens with one attached hydrogen (secondary N) is 1. The highest BCUT2D eigenvalue weighted by Crippen LogP contribution is 2.62. The van der Waals surface area contributed by atoms with E-state index in [0.717, 1.165) is 56.0 Å². The van der Waals surface area contributed by atoms with Crippen LogP contribution in [0.5, 0.6) is 11.5 Å². The van der Waals surface area contributed by atoms with Gasteiger partial charge in [0.15, 0.2) is 0 Å². The Morgan fingerprint density at radius 2 is 1.55 bits per heavy atom. The Hall–Kier alpha value is -4.17. The molecule has 8 rings (SSSR count). The fraction of sp³-hybridized carbons (Fsp3) is 0.432. The van der Waals surface area contributed by atoms with Crippen LogP contribution in [-0.2, 0) is 33.9 Å². The topological polar surface area (TPSA) is 69.3 Å². The van der Waals surface area contributed by atoms with Gasteiger partial charge < -0.3 is 24.3 Å². The number of carbonyl (C=O) groups excluding carboxylic acids is 1. The van der Waals surface area contributed by atoms with Crippen LogP contribution in [-0.4, -0.2) is 55.9 Å². The minimum Gasteiger partial charge on any atom is -0.490 e. The summed E-state index contributed by atoms with van der Waals surface area (Å²) in [4.78, 5) is 14.9. The second-order valence-corrected chi connectivity index (χ2v) is 15.2. The molecule has 4 aromatic rings. The lowest BCUT2D eigenvalue weighted by atomic mass is 9.54. The fourth-order valence-corrected chi connectivity index (χ4v) is 9.50. The number of carbonyl (C=O) groups is 1. The lowest BCUT2D eigenvalue weighted by Crippen LogP contribution is -2.52. The van der Waals surface area contributed by atoms with E-state index < -0.39 is 0 Å². The van der Waals surface area contributed by atoms with Crippen molar-refractivity contribution >= 4 is 11.6 Å². The third-order valence-corrected chi connectivity index (χ3v) is 12.0. The molecule has 1 amide bonds. The summed E-state index contributed by atoms with van der Waals surface area (Å²) in [6.45, 7) is 6.96. The number of anilines is 1. The van der Waals surface area contributed by atoms with E-state index >= 15 is 0 Å². The first kappa shape index (κ1) is 33.9. The third kappa shape index (κ3) is 7.57. The molecular formula is C44H50N2O5. The zero-order chi connectivity index (χ0) is 34.6. The average Bonchev–Trinajstić information content (AvgIpc) is 3.50. The normalized spacial score (nSPS) is 27.1. The van der Waals surface area contributed by atoms with Crippen LogP contribution in [0.1, 0.15) is 60.8 Å². The van der Waals surface area contributed by atoms with Crippen LogP contribution in [0, 0.1) is 17.3 Å². The summed E-state index contributed by atoms with van der Waals surface area (Å²) in [7, 11) is 0. The Labute approximate surface area is 302 Å². The van der Waals surface area contributed by atoms with Gasteiger partial charge in [-0.15, -0.1) is 0 Å². The van der Waals surface area contributed by atoms with Crippen molar-refractivity contribution in [1.29, 1.82) is 0 Å². The summed E-state index contributed by atoms with van der Waals surface area (Å²) in [5, 5.41) is 3.07. The van der Waals surface area contributed by atoms with Gasteiger partial charge in [-0.25, -0.2) is 0 Å². The van der Waals surface area contributed by atoms with Gasteiger partial charge >= 0.3 is 0 Å². The van der Waals surface area contributed by atoms with E-state index in [4.69, 9.17) is 18.9 Å². The number of nitrogens with zero attached hydrogens (tertiary/aromatic N) is 1. The molecule has 0 spiro atoms. The first-order valence-corrected chi connectivity index (χ1v) is 18.8. The molecule has 1 saturated heterocycles. The van der Waals surface area contributed by atoms with Crippen molar-refractivity contribution in [2.24, 2.45) is 17.3 Å². The minimum atomic E-state index is -0.00614. The van der Waals surface area contributed by atoms with Crippen molar-refractivity contribution in [2.45, 2.75) is 70.4 Å². The number of rotatable bonds is 11. The SMILES string of the molecule is C[C@]12C[C@H](Oc3ccc(NC(=O)CN4CCOCC4)cc3)[C@@H]3c4ccc(OCc5ccccc5)cc4CC[C@H]3[C@@H]1CC[C@@H]2OCc1ccccc1. The van der Waals surface area contributed by atoms with Gasteiger partial charge in [0.2, 0.25) is 5.91 Å². The number of aryl methyl sites for hydroxylation is 1. The molecule has 1 heterocycles. The predicted molar refractivity (Wildman–Crippen MR) is 199 cm³/mol. The second kappa shape index (κ2) is 15.2. The molecule has 3 aliphatic carbocycles. The number of hydrogen-bond donors (Lipinski definition) is 1. The van der Waals surface area contributed by atoms with Gasteiger partial charge in [-0.3, -0.25) is 9.69 Å². The molecule has 0 bridgehead atoms. The number of ether oxygens (including phenoxy) is 4. The van der Waals surface area contributed by atoms with Crippen LogP contribution in [0.15, 0.2) is 103 Å². The summed E-state index contributed by atoms with van der Waals surface area (Å²) in [6, 6.07) is 35.6. The highest BCUT2D eigenvalue weighted by Gasteiger charge is 2.59. The lowest BCUT2D eigenvalue weighted by Gasteiger charge is -2.53. The Bertz CT molecular complexity index is 1760. The molecule has 266 valence electrons. The van der Waals surface area contributed by atoms with Gasteiger partial charge in [-0.1, -0.05) is 73.7 Å². The van der Waals surface area contributed by atoms with E-state index in [2.05, 4.69) is 89.9 Å². The summed E-state index contributed by atoms with van der Waals surface area (Å²) in [6.07, 6.45) is 5.58. The van der Waals surface area contributed by atoms with Crippen molar-refractivity contribution in [3.05, 3.63) is 125 Å². The van der Waals surface area contributed by atoms with E-state index in [1.54, 1.807) is 0 Å². The fourth-order valence-electron chi connectivity index (χ4n) is 9.50. The molecule has 4 aromatic carbocycles. The van der Waals surface area contributed by atoms with Crippen LogP contribution in [0.4, 0.5) is 5.69 Å². The number of amides is 1. The molecule has 1 N–H and O–H groups in total. The molecule has 7 nitrogen and oxygen atoms in total. The predicted octanol–water partition coefficient (Wildman–Crippen LogP) is 8.04. The van der Waals surface area contributed by atoms with Crippen LogP contribution in [0.3, 0.4) is 0 Å². The molecular weight excluding hydrogens is 636 g/mol. The smallest absolute Gasteiger partial charge is 0.238 e. The summed E-state index contributed by atoms with van der Waals surface area (Å²) in [5.74, 6) is 3.14. The molecule has 2 saturated carbocycles. The van der Waals surface area contributed by atoms with Crippen LogP contribution in [0.2, 0.25) is 0 Å². The molecule has 0 aromatic heterocycles. The number of morpholine rings is 1. The van der Waals surface area contributed by atoms with E-state index in [0.29, 0.717) is 44.8 Å². The highest BCUT2D eigenvalue weighted by atomic mass is 16.5. The van der Waals surface area contributed by atoms with Gasteiger partial charge in [0.05, 0.1) is 32.5 Å². The lowest BCUT2D eigenvalue weighted by molar-refractivity contribution is -0.118. The van der Waals surface area contributed by atoms with E-state index in [1.807, 2.05) is 30.3 Å². The van der Waals surface area contributed by atoms with Crippen LogP contribution >= 0.6 is 0 Å². The van der Waals surface area contributed by atoms with Gasteiger partial charge in [0, 0.05) is 30.1 Å². The van der Waals surface area contributed by atoms with E-state index in [1.165, 1.54) is 28.7 Å². The average molecular weight is 687 g/mol. The second-order valence-electron chi connectivity index (χ2n) is 15.2. The molecule has 0 unspecified atom stereocenters. The minimum absolute atomic E-state index is 0.00549. The first-order valence-electron chi connectivity index (χ1n) is 18.8. The van der Waals surface area contributed by atoms with Crippen LogP contribution < -0.4 is 14.8 Å². The Kier molecular flexibility index (Phi) is 10.1. The van der Waals surface area contributed by atoms with Gasteiger partial charge in [0.25, 0.3) is 0 Å². The Morgan fingerprint density at radius 1 is 0.843 bits per heavy atom. The monoisotopic (exact) mass is 686 g/mol. The molecule has 3 fully saturated rings. The molecule has 4 aliphatic rings.